The van der Waals surface area contributed by atoms with Crippen LogP contribution in [0.25, 0.3) is 0 Å². The minimum absolute atomic E-state index is 0.264. The van der Waals surface area contributed by atoms with E-state index >= 15 is 0 Å². The van der Waals surface area contributed by atoms with Gasteiger partial charge in [0.25, 0.3) is 0 Å². The molecule has 1 atom stereocenters. The Morgan fingerprint density at radius 2 is 2.00 bits per heavy atom. The maximum atomic E-state index is 4.58. The van der Waals surface area contributed by atoms with Crippen molar-refractivity contribution >= 4 is 31.9 Å². The Bertz CT molecular complexity index is 635. The van der Waals surface area contributed by atoms with Gasteiger partial charge in [-0.15, -0.1) is 0 Å². The molecule has 0 spiro atoms. The van der Waals surface area contributed by atoms with E-state index in [1.165, 1.54) is 16.8 Å². The minimum Gasteiger partial charge on any atom is -0.313 e. The number of likely N-dealkylation sites (N-methyl/N-ethyl adjacent to an activating group) is 1. The van der Waals surface area contributed by atoms with Crippen LogP contribution in [-0.4, -0.2) is 16.8 Å². The van der Waals surface area contributed by atoms with Gasteiger partial charge in [-0.05, 0) is 60.9 Å². The monoisotopic (exact) mass is 413 g/mol. The van der Waals surface area contributed by atoms with Gasteiger partial charge in [-0.2, -0.15) is 5.10 Å². The van der Waals surface area contributed by atoms with Crippen LogP contribution in [0.3, 0.4) is 0 Å². The first kappa shape index (κ1) is 16.7. The smallest absolute Gasteiger partial charge is 0.0738 e. The van der Waals surface area contributed by atoms with E-state index in [0.29, 0.717) is 0 Å². The third kappa shape index (κ3) is 3.41. The molecule has 1 N–H and O–H groups in total. The first-order valence-corrected chi connectivity index (χ1v) is 8.72. The third-order valence-electron chi connectivity index (χ3n) is 3.88. The van der Waals surface area contributed by atoms with Crippen molar-refractivity contribution in [2.75, 3.05) is 7.05 Å². The Kier molecular flexibility index (Phi) is 5.63. The zero-order valence-electron chi connectivity index (χ0n) is 12.9. The molecule has 2 aromatic rings. The van der Waals surface area contributed by atoms with Crippen LogP contribution < -0.4 is 5.32 Å². The van der Waals surface area contributed by atoms with Gasteiger partial charge in [-0.3, -0.25) is 4.68 Å². The van der Waals surface area contributed by atoms with Crippen molar-refractivity contribution in [2.24, 2.45) is 0 Å². The van der Waals surface area contributed by atoms with Crippen molar-refractivity contribution in [3.63, 3.8) is 0 Å². The summed E-state index contributed by atoms with van der Waals surface area (Å²) in [5.41, 5.74) is 4.90. The Morgan fingerprint density at radius 1 is 1.29 bits per heavy atom. The van der Waals surface area contributed by atoms with Crippen LogP contribution in [0, 0.1) is 13.8 Å². The predicted octanol–water partition coefficient (Wildman–Crippen LogP) is 4.55. The van der Waals surface area contributed by atoms with Crippen molar-refractivity contribution < 1.29 is 0 Å². The highest BCUT2D eigenvalue weighted by molar-refractivity contribution is 9.10. The van der Waals surface area contributed by atoms with Gasteiger partial charge in [0, 0.05) is 23.5 Å². The van der Waals surface area contributed by atoms with E-state index in [4.69, 9.17) is 0 Å². The zero-order chi connectivity index (χ0) is 15.6. The second-order valence-electron chi connectivity index (χ2n) is 5.16. The molecule has 1 heterocycles. The van der Waals surface area contributed by atoms with Gasteiger partial charge in [0.1, 0.15) is 0 Å². The van der Waals surface area contributed by atoms with Gasteiger partial charge >= 0.3 is 0 Å². The largest absolute Gasteiger partial charge is 0.313 e. The number of aryl methyl sites for hydroxylation is 2. The summed E-state index contributed by atoms with van der Waals surface area (Å²) < 4.78 is 4.36. The number of hydrogen-bond donors (Lipinski definition) is 1. The Hall–Kier alpha value is -0.650. The summed E-state index contributed by atoms with van der Waals surface area (Å²) in [5, 5.41) is 8.02. The van der Waals surface area contributed by atoms with E-state index in [9.17, 15) is 0 Å². The molecule has 0 saturated carbocycles. The van der Waals surface area contributed by atoms with E-state index in [2.05, 4.69) is 79.0 Å². The molecule has 1 aromatic heterocycles. The van der Waals surface area contributed by atoms with Crippen molar-refractivity contribution in [1.82, 2.24) is 15.1 Å². The summed E-state index contributed by atoms with van der Waals surface area (Å²) in [6.45, 7) is 7.20. The van der Waals surface area contributed by atoms with Gasteiger partial charge in [0.15, 0.2) is 0 Å². The molecule has 0 aliphatic heterocycles. The fourth-order valence-electron chi connectivity index (χ4n) is 2.63. The summed E-state index contributed by atoms with van der Waals surface area (Å²) in [6.07, 6.45) is 0.906. The fourth-order valence-corrected chi connectivity index (χ4v) is 3.45. The molecule has 2 rings (SSSR count). The lowest BCUT2D eigenvalue weighted by Gasteiger charge is -2.20. The second-order valence-corrected chi connectivity index (χ2v) is 6.81. The van der Waals surface area contributed by atoms with Crippen LogP contribution in [0.4, 0.5) is 0 Å². The normalized spacial score (nSPS) is 12.7. The van der Waals surface area contributed by atoms with Crippen molar-refractivity contribution in [1.29, 1.82) is 0 Å². The number of nitrogens with one attached hydrogen (secondary N) is 1. The van der Waals surface area contributed by atoms with E-state index in [-0.39, 0.29) is 6.04 Å². The number of benzene rings is 1. The summed E-state index contributed by atoms with van der Waals surface area (Å²) in [6, 6.07) is 6.63. The number of rotatable bonds is 5. The molecular formula is C16H21Br2N3. The van der Waals surface area contributed by atoms with E-state index in [0.717, 1.165) is 27.6 Å². The summed E-state index contributed by atoms with van der Waals surface area (Å²) >= 11 is 7.31. The molecule has 0 aliphatic carbocycles. The Balaban J connectivity index is 2.38. The van der Waals surface area contributed by atoms with Crippen molar-refractivity contribution in [3.8, 4) is 0 Å². The highest BCUT2D eigenvalue weighted by Gasteiger charge is 2.19. The second kappa shape index (κ2) is 7.07. The summed E-state index contributed by atoms with van der Waals surface area (Å²) in [5.74, 6) is 0. The van der Waals surface area contributed by atoms with Gasteiger partial charge in [0.05, 0.1) is 15.9 Å². The number of nitrogens with zero attached hydrogens (tertiary/aromatic N) is 2. The average Bonchev–Trinajstić information content (AvgIpc) is 2.75. The van der Waals surface area contributed by atoms with Gasteiger partial charge in [0.2, 0.25) is 0 Å². The molecule has 0 aliphatic rings. The quantitative estimate of drug-likeness (QED) is 0.777. The van der Waals surface area contributed by atoms with Crippen LogP contribution in [0.2, 0.25) is 0 Å². The molecule has 21 heavy (non-hydrogen) atoms. The fraction of sp³-hybridized carbons (Fsp3) is 0.438. The van der Waals surface area contributed by atoms with Gasteiger partial charge in [-0.25, -0.2) is 0 Å². The molecule has 114 valence electrons. The SMILES string of the molecule is CCn1nc(C)c(Br)c1CC(NC)c1cccc(Br)c1C. The predicted molar refractivity (Wildman–Crippen MR) is 94.7 cm³/mol. The van der Waals surface area contributed by atoms with Crippen LogP contribution in [0.15, 0.2) is 27.1 Å². The lowest BCUT2D eigenvalue weighted by atomic mass is 9.97. The first-order chi connectivity index (χ1) is 9.99. The van der Waals surface area contributed by atoms with Gasteiger partial charge < -0.3 is 5.32 Å². The van der Waals surface area contributed by atoms with Crippen LogP contribution in [0.5, 0.6) is 0 Å². The van der Waals surface area contributed by atoms with Crippen LogP contribution in [0.1, 0.15) is 35.5 Å². The lowest BCUT2D eigenvalue weighted by molar-refractivity contribution is 0.538. The van der Waals surface area contributed by atoms with Crippen LogP contribution in [-0.2, 0) is 13.0 Å². The highest BCUT2D eigenvalue weighted by Crippen LogP contribution is 2.30. The molecule has 0 bridgehead atoms. The molecule has 3 nitrogen and oxygen atoms in total. The maximum Gasteiger partial charge on any atom is 0.0738 e. The molecule has 0 saturated heterocycles. The number of aromatic nitrogens is 2. The standard InChI is InChI=1S/C16H21Br2N3/c1-5-21-15(16(18)11(3)20-21)9-14(19-4)12-7-6-8-13(17)10(12)2/h6-8,14,19H,5,9H2,1-4H3. The number of halogens is 2. The average molecular weight is 415 g/mol. The van der Waals surface area contributed by atoms with Crippen molar-refractivity contribution in [2.45, 2.75) is 39.8 Å². The molecule has 0 amide bonds. The maximum absolute atomic E-state index is 4.58. The first-order valence-electron chi connectivity index (χ1n) is 7.13. The Morgan fingerprint density at radius 3 is 2.62 bits per heavy atom. The topological polar surface area (TPSA) is 29.9 Å². The lowest BCUT2D eigenvalue weighted by Crippen LogP contribution is -2.21. The van der Waals surface area contributed by atoms with E-state index < -0.39 is 0 Å². The van der Waals surface area contributed by atoms with E-state index in [1.54, 1.807) is 0 Å². The number of hydrogen-bond acceptors (Lipinski definition) is 2. The van der Waals surface area contributed by atoms with Gasteiger partial charge in [-0.1, -0.05) is 28.1 Å². The molecule has 1 unspecified atom stereocenters. The third-order valence-corrected chi connectivity index (χ3v) is 5.77. The van der Waals surface area contributed by atoms with E-state index in [1.807, 2.05) is 14.0 Å². The molecular weight excluding hydrogens is 394 g/mol. The van der Waals surface area contributed by atoms with Crippen molar-refractivity contribution in [3.05, 3.63) is 49.7 Å². The molecule has 5 heteroatoms. The summed E-state index contributed by atoms with van der Waals surface area (Å²) in [7, 11) is 2.01. The zero-order valence-corrected chi connectivity index (χ0v) is 16.0. The summed E-state index contributed by atoms with van der Waals surface area (Å²) in [4.78, 5) is 0. The molecule has 1 aromatic carbocycles. The molecule has 0 radical (unpaired) electrons. The minimum atomic E-state index is 0.264. The molecule has 0 fully saturated rings. The van der Waals surface area contributed by atoms with Crippen LogP contribution >= 0.6 is 31.9 Å². The Labute approximate surface area is 143 Å². The highest BCUT2D eigenvalue weighted by atomic mass is 79.9.